The first-order valence-electron chi connectivity index (χ1n) is 35.3. The van der Waals surface area contributed by atoms with Gasteiger partial charge >= 0.3 is 87.7 Å². The fourth-order valence-electron chi connectivity index (χ4n) is 11.5. The normalized spacial score (nSPS) is 12.6. The molecule has 0 radical (unpaired) electrons. The molecular weight excluding hydrogens is 1740 g/mol. The molecule has 0 aliphatic rings. The summed E-state index contributed by atoms with van der Waals surface area (Å²) in [6.07, 6.45) is -0.727. The van der Waals surface area contributed by atoms with Crippen LogP contribution >= 0.6 is 68.0 Å². The van der Waals surface area contributed by atoms with Crippen molar-refractivity contribution >= 4 is 152 Å². The molecule has 6 amide bonds. The summed E-state index contributed by atoms with van der Waals surface area (Å²) in [4.78, 5) is 103. The van der Waals surface area contributed by atoms with Crippen LogP contribution in [0.3, 0.4) is 0 Å². The number of amides is 6. The number of methoxy groups -OCH3 is 2. The quantitative estimate of drug-likeness (QED) is 0.00877. The van der Waals surface area contributed by atoms with Gasteiger partial charge in [-0.25, -0.2) is 46.2 Å². The molecule has 120 heavy (non-hydrogen) atoms. The first-order chi connectivity index (χ1) is 56.6. The van der Waals surface area contributed by atoms with Crippen LogP contribution in [-0.2, 0) is 103 Å². The summed E-state index contributed by atoms with van der Waals surface area (Å²) in [6.45, 7) is 0. The molecule has 0 fully saturated rings. The second-order valence-electron chi connectivity index (χ2n) is 25.4. The Morgan fingerprint density at radius 3 is 0.883 bits per heavy atom. The van der Waals surface area contributed by atoms with E-state index in [1.807, 2.05) is 174 Å². The van der Waals surface area contributed by atoms with Crippen LogP contribution in [0.5, 0.6) is 0 Å². The summed E-state index contributed by atoms with van der Waals surface area (Å²) in [6, 6.07) is 53.8. The van der Waals surface area contributed by atoms with E-state index in [1.165, 1.54) is 91.7 Å². The second kappa shape index (κ2) is 47.2. The van der Waals surface area contributed by atoms with Gasteiger partial charge in [0, 0.05) is 46.8 Å². The number of nitrogens with one attached hydrogen (secondary N) is 9. The number of benzene rings is 6. The van der Waals surface area contributed by atoms with Crippen molar-refractivity contribution in [1.29, 1.82) is 0 Å². The van der Waals surface area contributed by atoms with Gasteiger partial charge in [0.25, 0.3) is 0 Å². The number of thiophene rings is 3. The number of carbonyl (C=O) groups excluding carboxylic acids is 6. The van der Waals surface area contributed by atoms with E-state index >= 15 is 0 Å². The Labute approximate surface area is 760 Å². The Morgan fingerprint density at radius 1 is 0.358 bits per heavy atom. The number of hydrogen-bond donors (Lipinski definition) is 10. The zero-order valence-electron chi connectivity index (χ0n) is 64.5. The second-order valence-corrected chi connectivity index (χ2v) is 34.2. The molecule has 0 saturated heterocycles. The van der Waals surface area contributed by atoms with Crippen LogP contribution in [0, 0.1) is 0 Å². The Bertz CT molecular complexity index is 5370. The number of hydrogen-bond acceptors (Lipinski definition) is 27. The van der Waals surface area contributed by atoms with Gasteiger partial charge in [-0.3, -0.25) is 38.0 Å². The molecule has 10 N–H and O–H groups in total. The summed E-state index contributed by atoms with van der Waals surface area (Å²) in [5.74, 6) is -1.30. The maximum Gasteiger partial charge on any atom is 1.00 e. The van der Waals surface area contributed by atoms with Crippen LogP contribution in [0.4, 0.5) is 31.4 Å². The Morgan fingerprint density at radius 2 is 0.633 bits per heavy atom. The Balaban J connectivity index is 0.000000222. The first kappa shape index (κ1) is 96.1. The van der Waals surface area contributed by atoms with Gasteiger partial charge in [-0.15, -0.1) is 68.0 Å². The van der Waals surface area contributed by atoms with E-state index in [0.717, 1.165) is 63.0 Å². The smallest absolute Gasteiger partial charge is 0.731 e. The largest absolute Gasteiger partial charge is 1.00 e. The predicted molar refractivity (Wildman–Crippen MR) is 451 cm³/mol. The minimum atomic E-state index is -4.65. The van der Waals surface area contributed by atoms with Crippen molar-refractivity contribution in [3.63, 3.8) is 0 Å². The van der Waals surface area contributed by atoms with E-state index in [2.05, 4.69) is 41.7 Å². The molecule has 12 rings (SSSR count). The molecule has 618 valence electrons. The number of anilines is 3. The third-order valence-corrected chi connectivity index (χ3v) is 24.1. The molecule has 6 aromatic carbocycles. The summed E-state index contributed by atoms with van der Waals surface area (Å²) < 4.78 is 113. The van der Waals surface area contributed by atoms with Gasteiger partial charge in [0.1, 0.15) is 33.1 Å². The van der Waals surface area contributed by atoms with Crippen LogP contribution in [0.1, 0.15) is 68.6 Å². The van der Waals surface area contributed by atoms with E-state index in [9.17, 15) is 63.1 Å². The molecule has 42 heteroatoms. The van der Waals surface area contributed by atoms with Gasteiger partial charge in [-0.05, 0) is 123 Å². The molecule has 6 aromatic heterocycles. The zero-order valence-corrected chi connectivity index (χ0v) is 75.9. The third-order valence-electron chi connectivity index (χ3n) is 16.9. The van der Waals surface area contributed by atoms with Crippen molar-refractivity contribution in [2.45, 2.75) is 74.8 Å². The molecule has 0 unspecified atom stereocenters. The van der Waals surface area contributed by atoms with Crippen LogP contribution in [0.15, 0.2) is 232 Å². The van der Waals surface area contributed by atoms with Gasteiger partial charge in [-0.2, -0.15) is 13.3 Å². The fourth-order valence-corrected chi connectivity index (χ4v) is 17.8. The molecule has 0 aliphatic heterocycles. The fraction of sp³-hybridized carbons (Fsp3) is 0.192. The summed E-state index contributed by atoms with van der Waals surface area (Å²) in [7, 11) is -10.1. The number of thiazole rings is 3. The van der Waals surface area contributed by atoms with E-state index < -0.39 is 103 Å². The topological polar surface area (TPSA) is 455 Å². The van der Waals surface area contributed by atoms with Crippen LogP contribution in [0.25, 0.3) is 29.7 Å². The van der Waals surface area contributed by atoms with Crippen molar-refractivity contribution < 1.29 is 146 Å². The van der Waals surface area contributed by atoms with Crippen LogP contribution < -0.4 is 105 Å². The van der Waals surface area contributed by atoms with Crippen molar-refractivity contribution in [3.8, 4) is 29.7 Å². The van der Waals surface area contributed by atoms with Crippen molar-refractivity contribution in [2.75, 3.05) is 35.5 Å². The summed E-state index contributed by atoms with van der Waals surface area (Å²) >= 11 is 9.03. The van der Waals surface area contributed by atoms with Gasteiger partial charge < -0.3 is 50.5 Å². The number of carbonyl (C=O) groups is 6. The van der Waals surface area contributed by atoms with Gasteiger partial charge in [0.05, 0.1) is 76.9 Å². The van der Waals surface area contributed by atoms with Crippen LogP contribution in [0.2, 0.25) is 0 Å². The molecule has 0 saturated carbocycles. The van der Waals surface area contributed by atoms with Crippen molar-refractivity contribution in [3.05, 3.63) is 283 Å². The number of rotatable bonds is 34. The SMILES string of the molecule is COC(=O)N[C@@H](Cc1ccccc1)C(=O)N[C@@H](Cc1ccc(NS(=O)(=O)[O-])cc1)c1csc(-c2cccs2)n1.COC(=O)N[C@@H](Cc1ccccc1)C(=O)N[C@@H](Cc1ccc(NS(=O)(=O)[O-])cc1)c1csc(-c2cccs2)n1.COOC(=O)N[C@@H](Cc1ccccc1)C(=O)N[C@@H](Cc1ccc(NS(=O)(=O)O)cc1)c1csc(-c2cccs2)n1.[Na+].[Na+]. The van der Waals surface area contributed by atoms with Gasteiger partial charge in [0.15, 0.2) is 20.6 Å². The third kappa shape index (κ3) is 31.9. The molecule has 0 aliphatic carbocycles. The van der Waals surface area contributed by atoms with Gasteiger partial charge in [0.2, 0.25) is 17.7 Å². The minimum Gasteiger partial charge on any atom is -0.731 e. The minimum absolute atomic E-state index is 0. The number of aromatic nitrogens is 3. The van der Waals surface area contributed by atoms with Crippen LogP contribution in [-0.4, -0.2) is 129 Å². The molecule has 0 spiro atoms. The standard InChI is InChI=1S/C26H26N4O7S3.2C26H26N4O6S3.2Na/c1-36-37-26(32)29-21(15-17-6-3-2-4-7-17)24(31)27-20(22-16-39-25(28-22)23-8-5-13-38-23)14-18-9-11-19(12-10-18)30-40(33,34)35;2*1-36-26(32)29-21(15-17-6-3-2-4-7-17)24(31)27-20(22-16-38-25(28-22)23-8-5-13-37-23)14-18-9-11-19(12-10-18)30-39(33,34)35;;/h2-13,16,20-21,30H,14-15H2,1H3,(H,27,31)(H,29,32)(H,33,34,35);2*2-13,16,20-21,30H,14-15H2,1H3,(H,27,31)(H,29,32)(H,33,34,35);;/q;;;2*+1/p-2/t3*20-,21-;;/m000../s1. The maximum atomic E-state index is 13.6. The zero-order chi connectivity index (χ0) is 84.2. The average Bonchev–Trinajstić information content (AvgIpc) is 1.69. The molecule has 6 atom stereocenters. The van der Waals surface area contributed by atoms with Crippen molar-refractivity contribution in [2.24, 2.45) is 0 Å². The van der Waals surface area contributed by atoms with E-state index in [0.29, 0.717) is 36.3 Å². The van der Waals surface area contributed by atoms with E-state index in [-0.39, 0.29) is 95.4 Å². The molecule has 6 heterocycles. The Hall–Kier alpha value is -9.38. The molecule has 0 bridgehead atoms. The average molecular weight is 1820 g/mol. The molecular formula is C78H76N12Na2O19S9. The first-order valence-corrected chi connectivity index (χ1v) is 44.8. The summed E-state index contributed by atoms with van der Waals surface area (Å²) in [5.41, 5.74) is 7.18. The summed E-state index contributed by atoms with van der Waals surface area (Å²) in [5, 5.41) is 30.7. The predicted octanol–water partition coefficient (Wildman–Crippen LogP) is 6.62. The maximum absolute atomic E-state index is 13.6. The van der Waals surface area contributed by atoms with Gasteiger partial charge in [-0.1, -0.05) is 146 Å². The van der Waals surface area contributed by atoms with Crippen molar-refractivity contribution in [1.82, 2.24) is 46.9 Å². The van der Waals surface area contributed by atoms with E-state index in [1.54, 1.807) is 70.4 Å². The number of nitrogens with zero attached hydrogens (tertiary/aromatic N) is 3. The Kier molecular flexibility index (Phi) is 37.8. The number of alkyl carbamates (subject to hydrolysis) is 2. The molecule has 31 nitrogen and oxygen atoms in total. The monoisotopic (exact) mass is 1820 g/mol. The number of ether oxygens (including phenoxy) is 2. The molecule has 12 aromatic rings. The van der Waals surface area contributed by atoms with E-state index in [4.69, 9.17) is 29.0 Å².